The van der Waals surface area contributed by atoms with Crippen molar-refractivity contribution in [1.29, 1.82) is 0 Å². The summed E-state index contributed by atoms with van der Waals surface area (Å²) in [5.74, 6) is 0. The number of hydrogen-bond donors (Lipinski definition) is 0. The van der Waals surface area contributed by atoms with Gasteiger partial charge in [-0.25, -0.2) is 0 Å². The fourth-order valence-electron chi connectivity index (χ4n) is 7.62. The van der Waals surface area contributed by atoms with Crippen molar-refractivity contribution in [2.45, 2.75) is 0 Å². The van der Waals surface area contributed by atoms with Gasteiger partial charge in [-0.05, 0) is 112 Å². The van der Waals surface area contributed by atoms with Crippen molar-refractivity contribution in [1.82, 2.24) is 9.13 Å². The van der Waals surface area contributed by atoms with Crippen LogP contribution in [0.15, 0.2) is 182 Å². The highest BCUT2D eigenvalue weighted by Gasteiger charge is 2.16. The minimum atomic E-state index is 1.14. The van der Waals surface area contributed by atoms with Crippen molar-refractivity contribution in [3.63, 3.8) is 0 Å². The van der Waals surface area contributed by atoms with E-state index in [4.69, 9.17) is 0 Å². The fraction of sp³-hybridized carbons (Fsp3) is 0. The number of rotatable bonds is 5. The lowest BCUT2D eigenvalue weighted by Crippen LogP contribution is -1.94. The minimum absolute atomic E-state index is 1.14. The molecule has 0 spiro atoms. The highest BCUT2D eigenvalue weighted by molar-refractivity contribution is 6.12. The summed E-state index contributed by atoms with van der Waals surface area (Å²) in [6.07, 6.45) is 0. The maximum Gasteiger partial charge on any atom is 0.0541 e. The molecule has 0 aliphatic rings. The van der Waals surface area contributed by atoms with Crippen LogP contribution in [-0.4, -0.2) is 9.13 Å². The van der Waals surface area contributed by atoms with E-state index >= 15 is 0 Å². The lowest BCUT2D eigenvalue weighted by Gasteiger charge is -2.10. The standard InChI is InChI=1S/C48H30N2/c1-3-11-33(12-4-1)35-19-25-39(26-20-35)49-45-17-9-7-15-41(45)43-31-37(23-29-47(43)49)38-24-30-48-44(32-38)42-16-8-10-18-46(42)50(48)40-27-21-36(22-28-40)34-13-5-2-6-14-34/h1,3-5,7-32H. The van der Waals surface area contributed by atoms with Crippen molar-refractivity contribution >= 4 is 43.6 Å². The highest BCUT2D eigenvalue weighted by Crippen LogP contribution is 2.38. The Hall–Kier alpha value is -6.82. The summed E-state index contributed by atoms with van der Waals surface area (Å²) in [5, 5.41) is 5.00. The molecule has 0 unspecified atom stereocenters. The maximum absolute atomic E-state index is 3.07. The molecule has 0 bridgehead atoms. The molecular weight excluding hydrogens is 605 g/mol. The summed E-state index contributed by atoms with van der Waals surface area (Å²) in [4.78, 5) is 0. The van der Waals surface area contributed by atoms with Crippen molar-refractivity contribution in [2.24, 2.45) is 0 Å². The SMILES string of the molecule is c1ccc(-c2ccc(-n3c4ccccc4c4cc(-c5ccc6c(c5)c5ccccc5n6-c5ccc(-c6ccccc6)cc5)ccc43)cc2)cc#1. The Morgan fingerprint density at radius 1 is 0.300 bits per heavy atom. The van der Waals surface area contributed by atoms with Gasteiger partial charge in [-0.3, -0.25) is 0 Å². The van der Waals surface area contributed by atoms with Gasteiger partial charge in [0.2, 0.25) is 0 Å². The van der Waals surface area contributed by atoms with Crippen molar-refractivity contribution in [3.05, 3.63) is 194 Å². The van der Waals surface area contributed by atoms with Gasteiger partial charge in [-0.15, -0.1) is 0 Å². The third-order valence-electron chi connectivity index (χ3n) is 10.0. The predicted octanol–water partition coefficient (Wildman–Crippen LogP) is 12.5. The van der Waals surface area contributed by atoms with E-state index in [1.54, 1.807) is 0 Å². The molecule has 2 heterocycles. The van der Waals surface area contributed by atoms with Crippen LogP contribution in [0.25, 0.3) is 88.4 Å². The monoisotopic (exact) mass is 634 g/mol. The van der Waals surface area contributed by atoms with Crippen LogP contribution < -0.4 is 0 Å². The zero-order chi connectivity index (χ0) is 33.0. The molecule has 0 aliphatic heterocycles. The Balaban J connectivity index is 1.08. The Morgan fingerprint density at radius 2 is 0.740 bits per heavy atom. The summed E-state index contributed by atoms with van der Waals surface area (Å²) in [5.41, 5.74) is 14.3. The lowest BCUT2D eigenvalue weighted by atomic mass is 10.0. The molecular formula is C48H30N2. The van der Waals surface area contributed by atoms with Crippen LogP contribution in [0.4, 0.5) is 0 Å². The maximum atomic E-state index is 3.07. The van der Waals surface area contributed by atoms with E-state index in [1.165, 1.54) is 71.4 Å². The summed E-state index contributed by atoms with van der Waals surface area (Å²) in [6, 6.07) is 71.6. The third-order valence-corrected chi connectivity index (χ3v) is 10.0. The van der Waals surface area contributed by atoms with Crippen molar-refractivity contribution < 1.29 is 0 Å². The Bertz CT molecular complexity index is 2620. The number of benzene rings is 7. The zero-order valence-electron chi connectivity index (χ0n) is 27.2. The van der Waals surface area contributed by atoms with Gasteiger partial charge in [0.05, 0.1) is 22.1 Å². The van der Waals surface area contributed by atoms with E-state index in [2.05, 4.69) is 191 Å². The van der Waals surface area contributed by atoms with Gasteiger partial charge in [0.1, 0.15) is 0 Å². The molecule has 2 aromatic heterocycles. The number of fused-ring (bicyclic) bond motifs is 6. The Labute approximate surface area is 290 Å². The molecule has 2 heteroatoms. The first kappa shape index (κ1) is 28.2. The first-order chi connectivity index (χ1) is 24.8. The first-order valence-electron chi connectivity index (χ1n) is 17.0. The second-order valence-corrected chi connectivity index (χ2v) is 12.9. The predicted molar refractivity (Wildman–Crippen MR) is 209 cm³/mol. The molecule has 0 radical (unpaired) electrons. The first-order valence-corrected chi connectivity index (χ1v) is 17.0. The van der Waals surface area contributed by atoms with Gasteiger partial charge in [-0.1, -0.05) is 115 Å². The smallest absolute Gasteiger partial charge is 0.0541 e. The Morgan fingerprint density at radius 3 is 1.26 bits per heavy atom. The van der Waals surface area contributed by atoms with Crippen LogP contribution in [0.2, 0.25) is 0 Å². The minimum Gasteiger partial charge on any atom is -0.309 e. The van der Waals surface area contributed by atoms with E-state index in [0.29, 0.717) is 0 Å². The molecule has 50 heavy (non-hydrogen) atoms. The van der Waals surface area contributed by atoms with Crippen LogP contribution in [0, 0.1) is 12.1 Å². The van der Waals surface area contributed by atoms with Crippen LogP contribution in [0.3, 0.4) is 0 Å². The molecule has 0 fully saturated rings. The molecule has 232 valence electrons. The summed E-state index contributed by atoms with van der Waals surface area (Å²) in [6.45, 7) is 0. The van der Waals surface area contributed by atoms with Gasteiger partial charge in [0, 0.05) is 32.9 Å². The quantitative estimate of drug-likeness (QED) is 0.178. The van der Waals surface area contributed by atoms with Gasteiger partial charge in [-0.2, -0.15) is 0 Å². The topological polar surface area (TPSA) is 9.86 Å². The average Bonchev–Trinajstić information content (AvgIpc) is 3.71. The second-order valence-electron chi connectivity index (χ2n) is 12.9. The lowest BCUT2D eigenvalue weighted by molar-refractivity contribution is 1.18. The van der Waals surface area contributed by atoms with Gasteiger partial charge in [0.15, 0.2) is 0 Å². The molecule has 0 aliphatic carbocycles. The van der Waals surface area contributed by atoms with E-state index in [-0.39, 0.29) is 0 Å². The number of para-hydroxylation sites is 2. The normalized spacial score (nSPS) is 11.4. The second kappa shape index (κ2) is 11.4. The third kappa shape index (κ3) is 4.53. The van der Waals surface area contributed by atoms with Gasteiger partial charge < -0.3 is 9.13 Å². The van der Waals surface area contributed by atoms with Crippen LogP contribution in [-0.2, 0) is 0 Å². The van der Waals surface area contributed by atoms with Crippen molar-refractivity contribution in [2.75, 3.05) is 0 Å². The zero-order valence-corrected chi connectivity index (χ0v) is 27.2. The van der Waals surface area contributed by atoms with E-state index in [1.807, 2.05) is 12.1 Å². The molecule has 0 saturated carbocycles. The number of nitrogens with zero attached hydrogens (tertiary/aromatic N) is 2. The van der Waals surface area contributed by atoms with E-state index in [0.717, 1.165) is 16.9 Å². The summed E-state index contributed by atoms with van der Waals surface area (Å²) in [7, 11) is 0. The average molecular weight is 635 g/mol. The van der Waals surface area contributed by atoms with Crippen LogP contribution >= 0.6 is 0 Å². The summed E-state index contributed by atoms with van der Waals surface area (Å²) >= 11 is 0. The molecule has 8 aromatic carbocycles. The Kier molecular flexibility index (Phi) is 6.44. The number of hydrogen-bond acceptors (Lipinski definition) is 0. The highest BCUT2D eigenvalue weighted by atomic mass is 15.0. The molecule has 0 amide bonds. The molecule has 10 rings (SSSR count). The van der Waals surface area contributed by atoms with Crippen LogP contribution in [0.5, 0.6) is 0 Å². The summed E-state index contributed by atoms with van der Waals surface area (Å²) < 4.78 is 4.77. The van der Waals surface area contributed by atoms with Gasteiger partial charge >= 0.3 is 0 Å². The van der Waals surface area contributed by atoms with Crippen LogP contribution in [0.1, 0.15) is 0 Å². The van der Waals surface area contributed by atoms with Gasteiger partial charge in [0.25, 0.3) is 0 Å². The van der Waals surface area contributed by atoms with Crippen molar-refractivity contribution in [3.8, 4) is 44.8 Å². The largest absolute Gasteiger partial charge is 0.309 e. The number of aromatic nitrogens is 2. The molecule has 0 atom stereocenters. The molecule has 0 N–H and O–H groups in total. The molecule has 0 saturated heterocycles. The molecule has 10 aromatic rings. The fourth-order valence-corrected chi connectivity index (χ4v) is 7.62. The van der Waals surface area contributed by atoms with E-state index < -0.39 is 0 Å². The van der Waals surface area contributed by atoms with E-state index in [9.17, 15) is 0 Å². The molecule has 2 nitrogen and oxygen atoms in total.